The van der Waals surface area contributed by atoms with Gasteiger partial charge in [0.05, 0.1) is 18.0 Å². The number of nitrogens with zero attached hydrogens (tertiary/aromatic N) is 1. The van der Waals surface area contributed by atoms with Crippen molar-refractivity contribution in [1.29, 1.82) is 0 Å². The molecule has 2 unspecified atom stereocenters. The van der Waals surface area contributed by atoms with E-state index in [1.165, 1.54) is 6.26 Å². The highest BCUT2D eigenvalue weighted by atomic mass is 16.3. The van der Waals surface area contributed by atoms with Crippen molar-refractivity contribution in [2.75, 3.05) is 6.54 Å². The molecular formula is C13H20N4O3. The lowest BCUT2D eigenvalue weighted by Crippen LogP contribution is -2.45. The van der Waals surface area contributed by atoms with Crippen LogP contribution in [0.2, 0.25) is 0 Å². The summed E-state index contributed by atoms with van der Waals surface area (Å²) in [5.74, 6) is 4.97. The predicted molar refractivity (Wildman–Crippen MR) is 72.2 cm³/mol. The molecule has 0 aromatic carbocycles. The maximum atomic E-state index is 11.4. The first kappa shape index (κ1) is 14.5. The average Bonchev–Trinajstić information content (AvgIpc) is 2.88. The molecule has 0 bridgehead atoms. The number of primary amides is 1. The molecule has 2 atom stereocenters. The number of likely N-dealkylation sites (tertiary alicyclic amines) is 1. The van der Waals surface area contributed by atoms with Gasteiger partial charge in [0, 0.05) is 12.6 Å². The van der Waals surface area contributed by atoms with Gasteiger partial charge in [-0.2, -0.15) is 0 Å². The molecule has 0 spiro atoms. The molecule has 2 rings (SSSR count). The summed E-state index contributed by atoms with van der Waals surface area (Å²) in [5.41, 5.74) is 7.82. The van der Waals surface area contributed by atoms with Gasteiger partial charge in [-0.3, -0.25) is 19.9 Å². The third-order valence-electron chi connectivity index (χ3n) is 3.82. The first-order valence-electron chi connectivity index (χ1n) is 6.63. The van der Waals surface area contributed by atoms with Crippen LogP contribution >= 0.6 is 0 Å². The lowest BCUT2D eigenvalue weighted by atomic mass is 9.93. The second-order valence-corrected chi connectivity index (χ2v) is 5.23. The Morgan fingerprint density at radius 3 is 2.90 bits per heavy atom. The van der Waals surface area contributed by atoms with Crippen LogP contribution in [0.1, 0.15) is 35.9 Å². The summed E-state index contributed by atoms with van der Waals surface area (Å²) in [4.78, 5) is 24.8. The summed E-state index contributed by atoms with van der Waals surface area (Å²) in [6.45, 7) is 3.27. The van der Waals surface area contributed by atoms with Crippen LogP contribution in [0.15, 0.2) is 16.7 Å². The van der Waals surface area contributed by atoms with Gasteiger partial charge in [-0.1, -0.05) is 0 Å². The number of hydrogen-bond acceptors (Lipinski definition) is 5. The summed E-state index contributed by atoms with van der Waals surface area (Å²) in [7, 11) is 0. The van der Waals surface area contributed by atoms with Gasteiger partial charge in [-0.15, -0.1) is 0 Å². The monoisotopic (exact) mass is 280 g/mol. The SMILES string of the molecule is CC1CCC(C(N)=O)CN1Cc1cc(C(=O)NN)co1. The van der Waals surface area contributed by atoms with E-state index in [1.807, 2.05) is 0 Å². The molecule has 1 fully saturated rings. The zero-order valence-corrected chi connectivity index (χ0v) is 11.5. The first-order valence-corrected chi connectivity index (χ1v) is 6.63. The molecule has 1 aromatic rings. The number of nitrogens with one attached hydrogen (secondary N) is 1. The van der Waals surface area contributed by atoms with Crippen LogP contribution in [0.25, 0.3) is 0 Å². The van der Waals surface area contributed by atoms with Crippen LogP contribution in [0.5, 0.6) is 0 Å². The van der Waals surface area contributed by atoms with E-state index >= 15 is 0 Å². The van der Waals surface area contributed by atoms with Crippen LogP contribution in [-0.2, 0) is 11.3 Å². The maximum Gasteiger partial charge on any atom is 0.268 e. The molecule has 5 N–H and O–H groups in total. The Labute approximate surface area is 117 Å². The van der Waals surface area contributed by atoms with E-state index in [2.05, 4.69) is 17.2 Å². The van der Waals surface area contributed by atoms with Crippen LogP contribution in [-0.4, -0.2) is 29.3 Å². The molecule has 1 saturated heterocycles. The fraction of sp³-hybridized carbons (Fsp3) is 0.538. The van der Waals surface area contributed by atoms with E-state index in [1.54, 1.807) is 6.07 Å². The summed E-state index contributed by atoms with van der Waals surface area (Å²) < 4.78 is 5.36. The highest BCUT2D eigenvalue weighted by Crippen LogP contribution is 2.24. The second-order valence-electron chi connectivity index (χ2n) is 5.23. The van der Waals surface area contributed by atoms with Crippen molar-refractivity contribution in [2.45, 2.75) is 32.4 Å². The minimum Gasteiger partial charge on any atom is -0.467 e. The van der Waals surface area contributed by atoms with Crippen molar-refractivity contribution >= 4 is 11.8 Å². The van der Waals surface area contributed by atoms with Gasteiger partial charge >= 0.3 is 0 Å². The fourth-order valence-corrected chi connectivity index (χ4v) is 2.50. The number of rotatable bonds is 4. The maximum absolute atomic E-state index is 11.4. The molecule has 0 radical (unpaired) electrons. The highest BCUT2D eigenvalue weighted by Gasteiger charge is 2.29. The van der Waals surface area contributed by atoms with E-state index in [0.29, 0.717) is 30.5 Å². The lowest BCUT2D eigenvalue weighted by Gasteiger charge is -2.36. The lowest BCUT2D eigenvalue weighted by molar-refractivity contribution is -0.124. The van der Waals surface area contributed by atoms with Gasteiger partial charge in [-0.05, 0) is 25.8 Å². The van der Waals surface area contributed by atoms with E-state index in [-0.39, 0.29) is 17.7 Å². The molecule has 1 aromatic heterocycles. The smallest absolute Gasteiger partial charge is 0.268 e. The summed E-state index contributed by atoms with van der Waals surface area (Å²) in [6.07, 6.45) is 3.12. The first-order chi connectivity index (χ1) is 9.51. The van der Waals surface area contributed by atoms with Gasteiger partial charge in [-0.25, -0.2) is 5.84 Å². The van der Waals surface area contributed by atoms with Crippen molar-refractivity contribution in [2.24, 2.45) is 17.5 Å². The molecule has 110 valence electrons. The summed E-state index contributed by atoms with van der Waals surface area (Å²) >= 11 is 0. The summed E-state index contributed by atoms with van der Waals surface area (Å²) in [5, 5.41) is 0. The number of furan rings is 1. The van der Waals surface area contributed by atoms with Gasteiger partial charge in [0.15, 0.2) is 0 Å². The molecule has 2 amide bonds. The minimum absolute atomic E-state index is 0.118. The van der Waals surface area contributed by atoms with Crippen LogP contribution in [0.3, 0.4) is 0 Å². The molecule has 1 aliphatic heterocycles. The zero-order valence-electron chi connectivity index (χ0n) is 11.5. The van der Waals surface area contributed by atoms with Crippen molar-refractivity contribution in [1.82, 2.24) is 10.3 Å². The Hall–Kier alpha value is -1.86. The number of piperidine rings is 1. The molecule has 0 aliphatic carbocycles. The number of nitrogens with two attached hydrogens (primary N) is 2. The Morgan fingerprint density at radius 2 is 2.25 bits per heavy atom. The third kappa shape index (κ3) is 3.17. The van der Waals surface area contributed by atoms with Crippen LogP contribution in [0, 0.1) is 5.92 Å². The van der Waals surface area contributed by atoms with Gasteiger partial charge in [0.1, 0.15) is 12.0 Å². The molecule has 7 nitrogen and oxygen atoms in total. The zero-order chi connectivity index (χ0) is 14.7. The van der Waals surface area contributed by atoms with E-state index in [9.17, 15) is 9.59 Å². The van der Waals surface area contributed by atoms with E-state index in [0.717, 1.165) is 12.8 Å². The van der Waals surface area contributed by atoms with Crippen molar-refractivity contribution in [3.05, 3.63) is 23.7 Å². The Bertz CT molecular complexity index is 500. The van der Waals surface area contributed by atoms with E-state index < -0.39 is 0 Å². The van der Waals surface area contributed by atoms with Crippen LogP contribution < -0.4 is 17.0 Å². The Morgan fingerprint density at radius 1 is 1.50 bits per heavy atom. The quantitative estimate of drug-likeness (QED) is 0.407. The average molecular weight is 280 g/mol. The number of hydrazine groups is 1. The van der Waals surface area contributed by atoms with Gasteiger partial charge in [0.25, 0.3) is 5.91 Å². The normalized spacial score (nSPS) is 23.5. The molecule has 20 heavy (non-hydrogen) atoms. The van der Waals surface area contributed by atoms with Gasteiger partial charge < -0.3 is 10.2 Å². The standard InChI is InChI=1S/C13H20N4O3/c1-8-2-3-9(12(14)18)5-17(8)6-11-4-10(7-20-11)13(19)16-15/h4,7-9H,2-3,5-6,15H2,1H3,(H2,14,18)(H,16,19). The van der Waals surface area contributed by atoms with Crippen molar-refractivity contribution < 1.29 is 14.0 Å². The molecule has 7 heteroatoms. The largest absolute Gasteiger partial charge is 0.467 e. The number of hydrogen-bond donors (Lipinski definition) is 3. The fourth-order valence-electron chi connectivity index (χ4n) is 2.50. The number of carbonyl (C=O) groups is 2. The molecule has 2 heterocycles. The highest BCUT2D eigenvalue weighted by molar-refractivity contribution is 5.93. The Kier molecular flexibility index (Phi) is 4.41. The van der Waals surface area contributed by atoms with Gasteiger partial charge in [0.2, 0.25) is 5.91 Å². The van der Waals surface area contributed by atoms with Crippen molar-refractivity contribution in [3.8, 4) is 0 Å². The van der Waals surface area contributed by atoms with E-state index in [4.69, 9.17) is 16.0 Å². The number of amides is 2. The summed E-state index contributed by atoms with van der Waals surface area (Å²) in [6, 6.07) is 2.01. The molecular weight excluding hydrogens is 260 g/mol. The van der Waals surface area contributed by atoms with Crippen LogP contribution in [0.4, 0.5) is 0 Å². The third-order valence-corrected chi connectivity index (χ3v) is 3.82. The number of carbonyl (C=O) groups excluding carboxylic acids is 2. The second kappa shape index (κ2) is 6.06. The number of nitrogen functional groups attached to an aromatic ring is 1. The van der Waals surface area contributed by atoms with Crippen molar-refractivity contribution in [3.63, 3.8) is 0 Å². The topological polar surface area (TPSA) is 115 Å². The minimum atomic E-state index is -0.387. The molecule has 0 saturated carbocycles. The molecule has 1 aliphatic rings. The predicted octanol–water partition coefficient (Wildman–Crippen LogP) is -0.0311. The Balaban J connectivity index is 2.02.